The number of benzene rings is 1. The Morgan fingerprint density at radius 3 is 2.67 bits per heavy atom. The van der Waals surface area contributed by atoms with Crippen LogP contribution in [-0.2, 0) is 4.79 Å². The number of ether oxygens (including phenoxy) is 1. The van der Waals surface area contributed by atoms with Crippen molar-refractivity contribution in [3.63, 3.8) is 0 Å². The molecule has 1 aromatic rings. The van der Waals surface area contributed by atoms with E-state index in [1.807, 2.05) is 0 Å². The van der Waals surface area contributed by atoms with E-state index in [4.69, 9.17) is 22.1 Å². The second-order valence-corrected chi connectivity index (χ2v) is 4.47. The molecule has 0 spiro atoms. The first kappa shape index (κ1) is 14.8. The van der Waals surface area contributed by atoms with Crippen molar-refractivity contribution in [2.24, 2.45) is 5.73 Å². The van der Waals surface area contributed by atoms with Gasteiger partial charge in [0, 0.05) is 17.6 Å². The van der Waals surface area contributed by atoms with E-state index in [9.17, 15) is 4.79 Å². The van der Waals surface area contributed by atoms with Gasteiger partial charge in [0.15, 0.2) is 6.61 Å². The maximum Gasteiger partial charge on any atom is 0.258 e. The molecule has 0 aliphatic rings. The topological polar surface area (TPSA) is 64.3 Å². The Hall–Kier alpha value is -1.26. The summed E-state index contributed by atoms with van der Waals surface area (Å²) >= 11 is 5.75. The minimum Gasteiger partial charge on any atom is -0.484 e. The van der Waals surface area contributed by atoms with Crippen LogP contribution in [0.3, 0.4) is 0 Å². The van der Waals surface area contributed by atoms with E-state index in [-0.39, 0.29) is 18.6 Å². The summed E-state index contributed by atoms with van der Waals surface area (Å²) < 4.78 is 5.33. The van der Waals surface area contributed by atoms with Crippen molar-refractivity contribution in [3.8, 4) is 5.75 Å². The summed E-state index contributed by atoms with van der Waals surface area (Å²) in [5, 5.41) is 3.47. The van der Waals surface area contributed by atoms with Gasteiger partial charge >= 0.3 is 0 Å². The van der Waals surface area contributed by atoms with E-state index >= 15 is 0 Å². The molecule has 1 atom stereocenters. The summed E-state index contributed by atoms with van der Waals surface area (Å²) in [4.78, 5) is 11.6. The third-order valence-corrected chi connectivity index (χ3v) is 2.72. The Morgan fingerprint density at radius 1 is 1.44 bits per heavy atom. The van der Waals surface area contributed by atoms with Crippen LogP contribution in [-0.4, -0.2) is 25.1 Å². The average molecular weight is 271 g/mol. The fraction of sp³-hybridized carbons (Fsp3) is 0.462. The number of rotatable bonds is 7. The Balaban J connectivity index is 2.34. The summed E-state index contributed by atoms with van der Waals surface area (Å²) in [6, 6.07) is 6.91. The van der Waals surface area contributed by atoms with Gasteiger partial charge in [-0.05, 0) is 30.7 Å². The maximum absolute atomic E-state index is 11.6. The van der Waals surface area contributed by atoms with Crippen molar-refractivity contribution < 1.29 is 9.53 Å². The summed E-state index contributed by atoms with van der Waals surface area (Å²) in [5.74, 6) is 0.461. The summed E-state index contributed by atoms with van der Waals surface area (Å²) in [6.07, 6.45) is 1.86. The monoisotopic (exact) mass is 270 g/mol. The molecule has 0 aliphatic carbocycles. The first-order valence-corrected chi connectivity index (χ1v) is 6.41. The van der Waals surface area contributed by atoms with Gasteiger partial charge in [-0.2, -0.15) is 0 Å². The molecule has 0 aliphatic heterocycles. The van der Waals surface area contributed by atoms with E-state index < -0.39 is 0 Å². The molecule has 0 saturated carbocycles. The number of nitrogens with one attached hydrogen (secondary N) is 1. The molecular formula is C13H19ClN2O2. The lowest BCUT2D eigenvalue weighted by Crippen LogP contribution is -2.42. The van der Waals surface area contributed by atoms with Gasteiger partial charge in [-0.25, -0.2) is 0 Å². The first-order valence-electron chi connectivity index (χ1n) is 6.03. The molecule has 5 heteroatoms. The Bertz CT molecular complexity index is 368. The standard InChI is InChI=1S/C13H19ClN2O2/c1-2-3-11(8-15)16-13(17)9-18-12-6-4-10(14)5-7-12/h4-7,11H,2-3,8-9,15H2,1H3,(H,16,17). The third kappa shape index (κ3) is 5.38. The van der Waals surface area contributed by atoms with Gasteiger partial charge in [0.05, 0.1) is 0 Å². The zero-order chi connectivity index (χ0) is 13.4. The van der Waals surface area contributed by atoms with Crippen LogP contribution in [0.2, 0.25) is 5.02 Å². The Labute approximate surface area is 112 Å². The number of halogens is 1. The second-order valence-electron chi connectivity index (χ2n) is 4.03. The van der Waals surface area contributed by atoms with E-state index in [2.05, 4.69) is 12.2 Å². The molecule has 1 rings (SSSR count). The molecular weight excluding hydrogens is 252 g/mol. The van der Waals surface area contributed by atoms with Gasteiger partial charge in [-0.3, -0.25) is 4.79 Å². The van der Waals surface area contributed by atoms with Crippen molar-refractivity contribution in [1.29, 1.82) is 0 Å². The average Bonchev–Trinajstić information content (AvgIpc) is 2.37. The number of amides is 1. The molecule has 0 aromatic heterocycles. The van der Waals surface area contributed by atoms with Gasteiger partial charge in [0.25, 0.3) is 5.91 Å². The molecule has 0 fully saturated rings. The van der Waals surface area contributed by atoms with Crippen molar-refractivity contribution in [2.45, 2.75) is 25.8 Å². The fourth-order valence-corrected chi connectivity index (χ4v) is 1.67. The number of carbonyl (C=O) groups is 1. The molecule has 1 amide bonds. The third-order valence-electron chi connectivity index (χ3n) is 2.47. The highest BCUT2D eigenvalue weighted by Gasteiger charge is 2.10. The SMILES string of the molecule is CCCC(CN)NC(=O)COc1ccc(Cl)cc1. The van der Waals surface area contributed by atoms with E-state index in [0.717, 1.165) is 12.8 Å². The molecule has 18 heavy (non-hydrogen) atoms. The van der Waals surface area contributed by atoms with Crippen LogP contribution in [0.4, 0.5) is 0 Å². The van der Waals surface area contributed by atoms with Crippen LogP contribution in [0, 0.1) is 0 Å². The van der Waals surface area contributed by atoms with Crippen molar-refractivity contribution in [3.05, 3.63) is 29.3 Å². The fourth-order valence-electron chi connectivity index (χ4n) is 1.55. The minimum atomic E-state index is -0.158. The highest BCUT2D eigenvalue weighted by Crippen LogP contribution is 2.15. The summed E-state index contributed by atoms with van der Waals surface area (Å²) in [5.41, 5.74) is 5.56. The Morgan fingerprint density at radius 2 is 2.11 bits per heavy atom. The molecule has 0 saturated heterocycles. The van der Waals surface area contributed by atoms with Crippen LogP contribution in [0.15, 0.2) is 24.3 Å². The largest absolute Gasteiger partial charge is 0.484 e. The molecule has 4 nitrogen and oxygen atoms in total. The van der Waals surface area contributed by atoms with Crippen LogP contribution in [0.25, 0.3) is 0 Å². The predicted octanol–water partition coefficient (Wildman–Crippen LogP) is 1.96. The Kier molecular flexibility index (Phi) is 6.54. The van der Waals surface area contributed by atoms with Crippen molar-refractivity contribution in [2.75, 3.05) is 13.2 Å². The van der Waals surface area contributed by atoms with Crippen molar-refractivity contribution >= 4 is 17.5 Å². The smallest absolute Gasteiger partial charge is 0.258 e. The second kappa shape index (κ2) is 7.95. The van der Waals surface area contributed by atoms with E-state index in [1.54, 1.807) is 24.3 Å². The van der Waals surface area contributed by atoms with Gasteiger partial charge < -0.3 is 15.8 Å². The number of hydrogen-bond donors (Lipinski definition) is 2. The lowest BCUT2D eigenvalue weighted by atomic mass is 10.2. The number of nitrogens with two attached hydrogens (primary N) is 1. The summed E-state index contributed by atoms with van der Waals surface area (Å²) in [7, 11) is 0. The lowest BCUT2D eigenvalue weighted by molar-refractivity contribution is -0.123. The minimum absolute atomic E-state index is 0.0121. The van der Waals surface area contributed by atoms with Gasteiger partial charge in [-0.15, -0.1) is 0 Å². The highest BCUT2D eigenvalue weighted by molar-refractivity contribution is 6.30. The van der Waals surface area contributed by atoms with Gasteiger partial charge in [0.2, 0.25) is 0 Å². The zero-order valence-corrected chi connectivity index (χ0v) is 11.2. The van der Waals surface area contributed by atoms with E-state index in [1.165, 1.54) is 0 Å². The number of carbonyl (C=O) groups excluding carboxylic acids is 1. The molecule has 1 aromatic carbocycles. The van der Waals surface area contributed by atoms with Crippen LogP contribution in [0.1, 0.15) is 19.8 Å². The predicted molar refractivity (Wildman–Crippen MR) is 72.8 cm³/mol. The first-order chi connectivity index (χ1) is 8.65. The molecule has 100 valence electrons. The molecule has 3 N–H and O–H groups in total. The molecule has 1 unspecified atom stereocenters. The molecule has 0 heterocycles. The van der Waals surface area contributed by atoms with Crippen LogP contribution >= 0.6 is 11.6 Å². The zero-order valence-electron chi connectivity index (χ0n) is 10.5. The van der Waals surface area contributed by atoms with Gasteiger partial charge in [-0.1, -0.05) is 24.9 Å². The molecule has 0 bridgehead atoms. The normalized spacial score (nSPS) is 11.9. The van der Waals surface area contributed by atoms with Gasteiger partial charge in [0.1, 0.15) is 5.75 Å². The lowest BCUT2D eigenvalue weighted by Gasteiger charge is -2.16. The van der Waals surface area contributed by atoms with E-state index in [0.29, 0.717) is 17.3 Å². The molecule has 0 radical (unpaired) electrons. The number of hydrogen-bond acceptors (Lipinski definition) is 3. The van der Waals surface area contributed by atoms with Crippen LogP contribution < -0.4 is 15.8 Å². The van der Waals surface area contributed by atoms with Crippen molar-refractivity contribution in [1.82, 2.24) is 5.32 Å². The quantitative estimate of drug-likeness (QED) is 0.796. The van der Waals surface area contributed by atoms with Crippen LogP contribution in [0.5, 0.6) is 5.75 Å². The highest BCUT2D eigenvalue weighted by atomic mass is 35.5. The summed E-state index contributed by atoms with van der Waals surface area (Å²) in [6.45, 7) is 2.49. The maximum atomic E-state index is 11.6.